The SMILES string of the molecule is CCc1nn(C)cc1CNC(=O)C(F)F. The molecule has 0 saturated heterocycles. The second-order valence-electron chi connectivity index (χ2n) is 3.15. The number of hydrogen-bond donors (Lipinski definition) is 1. The number of rotatable bonds is 4. The minimum Gasteiger partial charge on any atom is -0.347 e. The molecule has 0 atom stereocenters. The van der Waals surface area contributed by atoms with Crippen LogP contribution < -0.4 is 5.32 Å². The van der Waals surface area contributed by atoms with E-state index in [0.29, 0.717) is 6.42 Å². The quantitative estimate of drug-likeness (QED) is 0.813. The van der Waals surface area contributed by atoms with E-state index in [2.05, 4.69) is 10.4 Å². The molecule has 0 unspecified atom stereocenters. The van der Waals surface area contributed by atoms with E-state index >= 15 is 0 Å². The maximum Gasteiger partial charge on any atom is 0.315 e. The molecule has 0 fully saturated rings. The smallest absolute Gasteiger partial charge is 0.315 e. The van der Waals surface area contributed by atoms with Crippen LogP contribution in [0.15, 0.2) is 6.20 Å². The van der Waals surface area contributed by atoms with E-state index in [1.165, 1.54) is 0 Å². The first-order chi connectivity index (χ1) is 7.04. The molecule has 15 heavy (non-hydrogen) atoms. The highest BCUT2D eigenvalue weighted by atomic mass is 19.3. The lowest BCUT2D eigenvalue weighted by Crippen LogP contribution is -2.29. The Balaban J connectivity index is 2.60. The van der Waals surface area contributed by atoms with Crippen LogP contribution in [0.5, 0.6) is 0 Å². The van der Waals surface area contributed by atoms with Gasteiger partial charge in [0, 0.05) is 25.4 Å². The fraction of sp³-hybridized carbons (Fsp3) is 0.556. The van der Waals surface area contributed by atoms with Crippen LogP contribution in [0.25, 0.3) is 0 Å². The topological polar surface area (TPSA) is 46.9 Å². The summed E-state index contributed by atoms with van der Waals surface area (Å²) in [6.07, 6.45) is -0.544. The van der Waals surface area contributed by atoms with Gasteiger partial charge < -0.3 is 5.32 Å². The van der Waals surface area contributed by atoms with Crippen LogP contribution in [0, 0.1) is 0 Å². The third-order valence-electron chi connectivity index (χ3n) is 1.98. The van der Waals surface area contributed by atoms with Gasteiger partial charge in [0.25, 0.3) is 5.91 Å². The van der Waals surface area contributed by atoms with Gasteiger partial charge in [-0.15, -0.1) is 0 Å². The molecule has 4 nitrogen and oxygen atoms in total. The van der Waals surface area contributed by atoms with Crippen LogP contribution in [0.1, 0.15) is 18.2 Å². The molecule has 1 aromatic heterocycles. The fourth-order valence-corrected chi connectivity index (χ4v) is 1.29. The Kier molecular flexibility index (Phi) is 3.76. The van der Waals surface area contributed by atoms with Crippen molar-refractivity contribution in [1.82, 2.24) is 15.1 Å². The third-order valence-corrected chi connectivity index (χ3v) is 1.98. The molecule has 1 N–H and O–H groups in total. The van der Waals surface area contributed by atoms with Crippen LogP contribution in [0.3, 0.4) is 0 Å². The molecule has 0 aliphatic heterocycles. The summed E-state index contributed by atoms with van der Waals surface area (Å²) < 4.78 is 25.4. The van der Waals surface area contributed by atoms with Gasteiger partial charge in [0.2, 0.25) is 0 Å². The summed E-state index contributed by atoms with van der Waals surface area (Å²) in [4.78, 5) is 10.6. The first kappa shape index (κ1) is 11.6. The highest BCUT2D eigenvalue weighted by Crippen LogP contribution is 2.06. The predicted octanol–water partition coefficient (Wildman–Crippen LogP) is 0.864. The Hall–Kier alpha value is -1.46. The average molecular weight is 217 g/mol. The lowest BCUT2D eigenvalue weighted by Gasteiger charge is -2.03. The number of halogens is 2. The normalized spacial score (nSPS) is 10.7. The van der Waals surface area contributed by atoms with Crippen LogP contribution in [-0.4, -0.2) is 22.1 Å². The van der Waals surface area contributed by atoms with Gasteiger partial charge in [0.05, 0.1) is 5.69 Å². The molecule has 0 saturated carbocycles. The van der Waals surface area contributed by atoms with Crippen molar-refractivity contribution in [2.75, 3.05) is 0 Å². The first-order valence-electron chi connectivity index (χ1n) is 4.61. The van der Waals surface area contributed by atoms with E-state index in [1.54, 1.807) is 17.9 Å². The molecule has 1 heterocycles. The predicted molar refractivity (Wildman–Crippen MR) is 50.4 cm³/mol. The van der Waals surface area contributed by atoms with Gasteiger partial charge in [-0.25, -0.2) is 0 Å². The summed E-state index contributed by atoms with van der Waals surface area (Å²) in [7, 11) is 1.75. The number of hydrogen-bond acceptors (Lipinski definition) is 2. The van der Waals surface area contributed by atoms with Crippen LogP contribution >= 0.6 is 0 Å². The maximum absolute atomic E-state index is 11.9. The second-order valence-corrected chi connectivity index (χ2v) is 3.15. The number of aryl methyl sites for hydroxylation is 2. The van der Waals surface area contributed by atoms with Gasteiger partial charge in [-0.3, -0.25) is 9.48 Å². The first-order valence-corrected chi connectivity index (χ1v) is 4.61. The standard InChI is InChI=1S/C9H13F2N3O/c1-3-7-6(5-14(2)13-7)4-12-9(15)8(10)11/h5,8H,3-4H2,1-2H3,(H,12,15). The summed E-state index contributed by atoms with van der Waals surface area (Å²) in [5, 5.41) is 6.27. The van der Waals surface area contributed by atoms with E-state index in [4.69, 9.17) is 0 Å². The van der Waals surface area contributed by atoms with Gasteiger partial charge in [0.1, 0.15) is 0 Å². The maximum atomic E-state index is 11.9. The van der Waals surface area contributed by atoms with E-state index in [-0.39, 0.29) is 6.54 Å². The number of amides is 1. The minimum absolute atomic E-state index is 0.0974. The summed E-state index contributed by atoms with van der Waals surface area (Å²) in [6, 6.07) is 0. The van der Waals surface area contributed by atoms with Gasteiger partial charge in [-0.05, 0) is 6.42 Å². The Morgan fingerprint density at radius 3 is 2.87 bits per heavy atom. The zero-order valence-electron chi connectivity index (χ0n) is 8.63. The molecule has 84 valence electrons. The highest BCUT2D eigenvalue weighted by molar-refractivity contribution is 5.79. The zero-order chi connectivity index (χ0) is 11.4. The second kappa shape index (κ2) is 4.86. The molecular formula is C9H13F2N3O. The summed E-state index contributed by atoms with van der Waals surface area (Å²) >= 11 is 0. The van der Waals surface area contributed by atoms with Crippen LogP contribution in [-0.2, 0) is 24.8 Å². The van der Waals surface area contributed by atoms with E-state index in [1.807, 2.05) is 6.92 Å². The molecule has 1 aromatic rings. The molecule has 0 aromatic carbocycles. The zero-order valence-corrected chi connectivity index (χ0v) is 8.63. The molecule has 0 spiro atoms. The number of carbonyl (C=O) groups excluding carboxylic acids is 1. The van der Waals surface area contributed by atoms with Crippen molar-refractivity contribution in [3.63, 3.8) is 0 Å². The molecule has 0 bridgehead atoms. The molecule has 0 aliphatic rings. The lowest BCUT2D eigenvalue weighted by molar-refractivity contribution is -0.131. The van der Waals surface area contributed by atoms with E-state index in [9.17, 15) is 13.6 Å². The van der Waals surface area contributed by atoms with Gasteiger partial charge in [0.15, 0.2) is 0 Å². The lowest BCUT2D eigenvalue weighted by atomic mass is 10.2. The van der Waals surface area contributed by atoms with Crippen molar-refractivity contribution in [3.8, 4) is 0 Å². The highest BCUT2D eigenvalue weighted by Gasteiger charge is 2.15. The van der Waals surface area contributed by atoms with Crippen molar-refractivity contribution < 1.29 is 13.6 Å². The van der Waals surface area contributed by atoms with Crippen LogP contribution in [0.4, 0.5) is 8.78 Å². The van der Waals surface area contributed by atoms with Gasteiger partial charge >= 0.3 is 6.43 Å². The number of carbonyl (C=O) groups is 1. The number of aromatic nitrogens is 2. The Morgan fingerprint density at radius 2 is 2.33 bits per heavy atom. The van der Waals surface area contributed by atoms with E-state index in [0.717, 1.165) is 11.3 Å². The van der Waals surface area contributed by atoms with Crippen molar-refractivity contribution in [1.29, 1.82) is 0 Å². The van der Waals surface area contributed by atoms with Crippen molar-refractivity contribution in [3.05, 3.63) is 17.5 Å². The van der Waals surface area contributed by atoms with E-state index < -0.39 is 12.3 Å². The van der Waals surface area contributed by atoms with Crippen molar-refractivity contribution >= 4 is 5.91 Å². The summed E-state index contributed by atoms with van der Waals surface area (Å²) in [5.74, 6) is -1.25. The van der Waals surface area contributed by atoms with Gasteiger partial charge in [-0.2, -0.15) is 13.9 Å². The Bertz CT molecular complexity index is 349. The Labute approximate surface area is 86.3 Å². The Morgan fingerprint density at radius 1 is 1.67 bits per heavy atom. The van der Waals surface area contributed by atoms with Crippen molar-refractivity contribution in [2.45, 2.75) is 26.3 Å². The summed E-state index contributed by atoms with van der Waals surface area (Å²) in [5.41, 5.74) is 1.58. The number of nitrogens with zero attached hydrogens (tertiary/aromatic N) is 2. The third kappa shape index (κ3) is 3.00. The van der Waals surface area contributed by atoms with Crippen LogP contribution in [0.2, 0.25) is 0 Å². The largest absolute Gasteiger partial charge is 0.347 e. The number of alkyl halides is 2. The number of nitrogens with one attached hydrogen (secondary N) is 1. The van der Waals surface area contributed by atoms with Crippen molar-refractivity contribution in [2.24, 2.45) is 7.05 Å². The minimum atomic E-state index is -2.97. The molecule has 0 aliphatic carbocycles. The fourth-order valence-electron chi connectivity index (χ4n) is 1.29. The molecule has 1 amide bonds. The van der Waals surface area contributed by atoms with Gasteiger partial charge in [-0.1, -0.05) is 6.92 Å². The molecule has 6 heteroatoms. The summed E-state index contributed by atoms with van der Waals surface area (Å²) in [6.45, 7) is 2.01. The average Bonchev–Trinajstić information content (AvgIpc) is 2.55. The molecule has 1 rings (SSSR count). The molecular weight excluding hydrogens is 204 g/mol. The molecule has 0 radical (unpaired) electrons. The monoisotopic (exact) mass is 217 g/mol.